The zero-order chi connectivity index (χ0) is 17.0. The van der Waals surface area contributed by atoms with Crippen molar-refractivity contribution in [3.05, 3.63) is 81.4 Å². The van der Waals surface area contributed by atoms with Crippen LogP contribution >= 0.6 is 0 Å². The first-order valence-electron chi connectivity index (χ1n) is 6.41. The number of nitro benzene ring substituents is 1. The first-order chi connectivity index (χ1) is 10.8. The van der Waals surface area contributed by atoms with E-state index in [0.29, 0.717) is 5.56 Å². The molecule has 0 N–H and O–H groups in total. The van der Waals surface area contributed by atoms with Gasteiger partial charge in [-0.05, 0) is 35.9 Å². The topological polar surface area (TPSA) is 60.2 Å². The summed E-state index contributed by atoms with van der Waals surface area (Å²) in [7, 11) is 0. The maximum absolute atomic E-state index is 12.4. The van der Waals surface area contributed by atoms with Gasteiger partial charge < -0.3 is 0 Å². The number of hydrogen-bond donors (Lipinski definition) is 0. The molecule has 0 atom stereocenters. The number of rotatable bonds is 4. The van der Waals surface area contributed by atoms with Gasteiger partial charge in [-0.3, -0.25) is 14.9 Å². The van der Waals surface area contributed by atoms with Gasteiger partial charge in [-0.25, -0.2) is 0 Å². The minimum absolute atomic E-state index is 0.0729. The van der Waals surface area contributed by atoms with Crippen LogP contribution in [0.5, 0.6) is 0 Å². The Balaban J connectivity index is 2.10. The Labute approximate surface area is 129 Å². The lowest BCUT2D eigenvalue weighted by Crippen LogP contribution is -2.05. The first-order valence-corrected chi connectivity index (χ1v) is 6.41. The van der Waals surface area contributed by atoms with E-state index < -0.39 is 22.4 Å². The van der Waals surface area contributed by atoms with Gasteiger partial charge in [0.1, 0.15) is 0 Å². The standard InChI is InChI=1S/C16H10F3NO3/c17-16(18,19)13-6-4-12(5-7-13)15(21)10-3-11-1-8-14(9-2-11)20(22)23/h1-10H/b10-3+. The third-order valence-corrected chi connectivity index (χ3v) is 3.03. The molecule has 4 nitrogen and oxygen atoms in total. The SMILES string of the molecule is O=C(/C=C/c1ccc([N+](=O)[O-])cc1)c1ccc(C(F)(F)F)cc1. The van der Waals surface area contributed by atoms with E-state index in [1.54, 1.807) is 0 Å². The lowest BCUT2D eigenvalue weighted by Gasteiger charge is -2.06. The normalized spacial score (nSPS) is 11.6. The number of non-ortho nitro benzene ring substituents is 1. The van der Waals surface area contributed by atoms with E-state index in [4.69, 9.17) is 0 Å². The largest absolute Gasteiger partial charge is 0.416 e. The zero-order valence-electron chi connectivity index (χ0n) is 11.6. The summed E-state index contributed by atoms with van der Waals surface area (Å²) in [6.45, 7) is 0. The molecule has 7 heteroatoms. The molecule has 0 aromatic heterocycles. The van der Waals surface area contributed by atoms with E-state index in [9.17, 15) is 28.1 Å². The number of benzene rings is 2. The summed E-state index contributed by atoms with van der Waals surface area (Å²) >= 11 is 0. The third-order valence-electron chi connectivity index (χ3n) is 3.03. The molecular weight excluding hydrogens is 311 g/mol. The van der Waals surface area contributed by atoms with Gasteiger partial charge in [0.25, 0.3) is 5.69 Å². The van der Waals surface area contributed by atoms with Crippen LogP contribution in [-0.4, -0.2) is 10.7 Å². The molecule has 0 bridgehead atoms. The Morgan fingerprint density at radius 3 is 2.04 bits per heavy atom. The van der Waals surface area contributed by atoms with Gasteiger partial charge in [0.15, 0.2) is 5.78 Å². The molecule has 23 heavy (non-hydrogen) atoms. The average Bonchev–Trinajstić information content (AvgIpc) is 2.52. The predicted molar refractivity (Wildman–Crippen MR) is 77.9 cm³/mol. The number of allylic oxidation sites excluding steroid dienone is 1. The van der Waals surface area contributed by atoms with Gasteiger partial charge in [-0.1, -0.05) is 18.2 Å². The fourth-order valence-corrected chi connectivity index (χ4v) is 1.80. The minimum atomic E-state index is -4.45. The summed E-state index contributed by atoms with van der Waals surface area (Å²) in [6, 6.07) is 9.41. The average molecular weight is 321 g/mol. The van der Waals surface area contributed by atoms with E-state index in [1.807, 2.05) is 0 Å². The second kappa shape index (κ2) is 6.43. The number of ketones is 1. The Bertz CT molecular complexity index is 748. The van der Waals surface area contributed by atoms with Crippen LogP contribution < -0.4 is 0 Å². The Hall–Kier alpha value is -2.96. The van der Waals surface area contributed by atoms with Gasteiger partial charge in [-0.2, -0.15) is 13.2 Å². The second-order valence-electron chi connectivity index (χ2n) is 4.62. The Kier molecular flexibility index (Phi) is 4.59. The van der Waals surface area contributed by atoms with Crippen LogP contribution in [0.3, 0.4) is 0 Å². The molecule has 0 heterocycles. The highest BCUT2D eigenvalue weighted by molar-refractivity contribution is 6.06. The van der Waals surface area contributed by atoms with E-state index in [-0.39, 0.29) is 11.3 Å². The van der Waals surface area contributed by atoms with Gasteiger partial charge in [0.2, 0.25) is 0 Å². The maximum Gasteiger partial charge on any atom is 0.416 e. The van der Waals surface area contributed by atoms with Crippen LogP contribution in [0.25, 0.3) is 6.08 Å². The zero-order valence-corrected chi connectivity index (χ0v) is 11.6. The molecule has 0 aliphatic carbocycles. The molecule has 0 spiro atoms. The number of carbonyl (C=O) groups excluding carboxylic acids is 1. The van der Waals surface area contributed by atoms with Gasteiger partial charge in [0.05, 0.1) is 10.5 Å². The van der Waals surface area contributed by atoms with Crippen LogP contribution in [0.4, 0.5) is 18.9 Å². The van der Waals surface area contributed by atoms with Crippen LogP contribution in [0.2, 0.25) is 0 Å². The summed E-state index contributed by atoms with van der Waals surface area (Å²) in [5.41, 5.74) is -0.211. The van der Waals surface area contributed by atoms with Gasteiger partial charge in [0, 0.05) is 17.7 Å². The number of carbonyl (C=O) groups is 1. The van der Waals surface area contributed by atoms with Crippen molar-refractivity contribution in [1.82, 2.24) is 0 Å². The molecule has 2 aromatic carbocycles. The summed E-state index contributed by atoms with van der Waals surface area (Å²) in [6.07, 6.45) is -1.82. The van der Waals surface area contributed by atoms with Crippen molar-refractivity contribution >= 4 is 17.5 Å². The highest BCUT2D eigenvalue weighted by atomic mass is 19.4. The minimum Gasteiger partial charge on any atom is -0.289 e. The van der Waals surface area contributed by atoms with E-state index >= 15 is 0 Å². The first kappa shape index (κ1) is 16.4. The summed E-state index contributed by atoms with van der Waals surface area (Å²) < 4.78 is 37.3. The fraction of sp³-hybridized carbons (Fsp3) is 0.0625. The molecule has 118 valence electrons. The molecule has 2 rings (SSSR count). The predicted octanol–water partition coefficient (Wildman–Crippen LogP) is 4.51. The molecule has 0 aliphatic heterocycles. The van der Waals surface area contributed by atoms with Crippen molar-refractivity contribution < 1.29 is 22.9 Å². The molecule has 0 saturated carbocycles. The Morgan fingerprint density at radius 2 is 1.57 bits per heavy atom. The van der Waals surface area contributed by atoms with Crippen molar-refractivity contribution in [2.45, 2.75) is 6.18 Å². The van der Waals surface area contributed by atoms with Gasteiger partial charge in [-0.15, -0.1) is 0 Å². The quantitative estimate of drug-likeness (QED) is 0.360. The van der Waals surface area contributed by atoms with E-state index in [2.05, 4.69) is 0 Å². The molecule has 0 saturated heterocycles. The van der Waals surface area contributed by atoms with Crippen LogP contribution in [0.15, 0.2) is 54.6 Å². The summed E-state index contributed by atoms with van der Waals surface area (Å²) in [4.78, 5) is 21.9. The highest BCUT2D eigenvalue weighted by Gasteiger charge is 2.30. The van der Waals surface area contributed by atoms with Crippen molar-refractivity contribution in [2.75, 3.05) is 0 Å². The third kappa shape index (κ3) is 4.26. The van der Waals surface area contributed by atoms with E-state index in [0.717, 1.165) is 24.3 Å². The van der Waals surface area contributed by atoms with Gasteiger partial charge >= 0.3 is 6.18 Å². The number of nitro groups is 1. The van der Waals surface area contributed by atoms with Crippen LogP contribution in [0.1, 0.15) is 21.5 Å². The maximum atomic E-state index is 12.4. The van der Waals surface area contributed by atoms with E-state index in [1.165, 1.54) is 36.4 Å². The lowest BCUT2D eigenvalue weighted by atomic mass is 10.1. The lowest BCUT2D eigenvalue weighted by molar-refractivity contribution is -0.384. The fourth-order valence-electron chi connectivity index (χ4n) is 1.80. The monoisotopic (exact) mass is 321 g/mol. The molecule has 0 amide bonds. The van der Waals surface area contributed by atoms with Crippen LogP contribution in [-0.2, 0) is 6.18 Å². The molecule has 0 unspecified atom stereocenters. The van der Waals surface area contributed by atoms with Crippen molar-refractivity contribution in [3.8, 4) is 0 Å². The van der Waals surface area contributed by atoms with Crippen molar-refractivity contribution in [3.63, 3.8) is 0 Å². The molecule has 0 aliphatic rings. The summed E-state index contributed by atoms with van der Waals surface area (Å²) in [5, 5.41) is 10.5. The van der Waals surface area contributed by atoms with Crippen molar-refractivity contribution in [2.24, 2.45) is 0 Å². The van der Waals surface area contributed by atoms with Crippen LogP contribution in [0, 0.1) is 10.1 Å². The number of nitrogens with zero attached hydrogens (tertiary/aromatic N) is 1. The second-order valence-corrected chi connectivity index (χ2v) is 4.62. The number of alkyl halides is 3. The molecule has 2 aromatic rings. The Morgan fingerprint density at radius 1 is 1.00 bits per heavy atom. The summed E-state index contributed by atoms with van der Waals surface area (Å²) in [5.74, 6) is -0.461. The molecular formula is C16H10F3NO3. The molecule has 0 radical (unpaired) electrons. The molecule has 0 fully saturated rings. The number of hydrogen-bond acceptors (Lipinski definition) is 3. The van der Waals surface area contributed by atoms with Crippen molar-refractivity contribution in [1.29, 1.82) is 0 Å². The highest BCUT2D eigenvalue weighted by Crippen LogP contribution is 2.29. The number of halogens is 3. The smallest absolute Gasteiger partial charge is 0.289 e.